The van der Waals surface area contributed by atoms with E-state index in [9.17, 15) is 9.18 Å². The van der Waals surface area contributed by atoms with Crippen molar-refractivity contribution in [2.24, 2.45) is 0 Å². The molecular weight excluding hydrogens is 286 g/mol. The molecular formula is C15H11Cl2FO. The molecule has 98 valence electrons. The maximum atomic E-state index is 13.0. The van der Waals surface area contributed by atoms with E-state index in [0.29, 0.717) is 16.1 Å². The Bertz CT molecular complexity index is 638. The van der Waals surface area contributed by atoms with E-state index in [0.717, 1.165) is 5.56 Å². The number of halogens is 3. The van der Waals surface area contributed by atoms with Gasteiger partial charge in [-0.3, -0.25) is 4.79 Å². The molecule has 0 saturated heterocycles. The minimum atomic E-state index is -0.494. The van der Waals surface area contributed by atoms with Crippen LogP contribution in [0.25, 0.3) is 0 Å². The summed E-state index contributed by atoms with van der Waals surface area (Å²) in [6.45, 7) is 1.84. The van der Waals surface area contributed by atoms with Gasteiger partial charge in [0.1, 0.15) is 5.82 Å². The molecule has 0 aliphatic carbocycles. The van der Waals surface area contributed by atoms with E-state index in [1.54, 1.807) is 18.2 Å². The highest BCUT2D eigenvalue weighted by Crippen LogP contribution is 2.23. The fourth-order valence-electron chi connectivity index (χ4n) is 1.79. The molecule has 2 rings (SSSR count). The molecule has 0 aromatic heterocycles. The summed E-state index contributed by atoms with van der Waals surface area (Å²) in [5.41, 5.74) is 1.99. The summed E-state index contributed by atoms with van der Waals surface area (Å²) >= 11 is 11.8. The van der Waals surface area contributed by atoms with Crippen LogP contribution in [0.15, 0.2) is 36.4 Å². The number of carbonyl (C=O) groups excluding carboxylic acids is 1. The van der Waals surface area contributed by atoms with E-state index >= 15 is 0 Å². The molecule has 0 heterocycles. The van der Waals surface area contributed by atoms with E-state index < -0.39 is 5.82 Å². The second kappa shape index (κ2) is 5.72. The zero-order valence-corrected chi connectivity index (χ0v) is 11.7. The molecule has 4 heteroatoms. The Kier molecular flexibility index (Phi) is 4.23. The van der Waals surface area contributed by atoms with Crippen LogP contribution in [0.4, 0.5) is 4.39 Å². The minimum Gasteiger partial charge on any atom is -0.294 e. The summed E-state index contributed by atoms with van der Waals surface area (Å²) < 4.78 is 13.0. The number of carbonyl (C=O) groups is 1. The molecule has 0 spiro atoms. The van der Waals surface area contributed by atoms with E-state index in [1.165, 1.54) is 12.1 Å². The van der Waals surface area contributed by atoms with Gasteiger partial charge in [0.15, 0.2) is 5.78 Å². The van der Waals surface area contributed by atoms with Crippen LogP contribution in [0, 0.1) is 12.7 Å². The summed E-state index contributed by atoms with van der Waals surface area (Å²) in [6, 6.07) is 9.56. The first kappa shape index (κ1) is 14.0. The lowest BCUT2D eigenvalue weighted by Gasteiger charge is -2.06. The largest absolute Gasteiger partial charge is 0.294 e. The predicted molar refractivity (Wildman–Crippen MR) is 75.6 cm³/mol. The normalized spacial score (nSPS) is 10.5. The number of rotatable bonds is 3. The van der Waals surface area contributed by atoms with Crippen molar-refractivity contribution in [2.45, 2.75) is 13.3 Å². The molecule has 0 radical (unpaired) electrons. The maximum Gasteiger partial charge on any atom is 0.168 e. The van der Waals surface area contributed by atoms with Gasteiger partial charge in [-0.25, -0.2) is 4.39 Å². The molecule has 0 atom stereocenters. The van der Waals surface area contributed by atoms with Crippen LogP contribution in [-0.2, 0) is 6.42 Å². The summed E-state index contributed by atoms with van der Waals surface area (Å²) in [5, 5.41) is 0.473. The molecule has 0 amide bonds. The van der Waals surface area contributed by atoms with E-state index in [2.05, 4.69) is 0 Å². The fourth-order valence-corrected chi connectivity index (χ4v) is 2.23. The van der Waals surface area contributed by atoms with Gasteiger partial charge in [-0.15, -0.1) is 0 Å². The van der Waals surface area contributed by atoms with Gasteiger partial charge in [0.25, 0.3) is 0 Å². The fraction of sp³-hybridized carbons (Fsp3) is 0.133. The van der Waals surface area contributed by atoms with Crippen LogP contribution in [0.3, 0.4) is 0 Å². The molecule has 0 fully saturated rings. The SMILES string of the molecule is Cc1cccc(C(=O)Cc2ccc(F)c(Cl)c2)c1Cl. The molecule has 2 aromatic carbocycles. The van der Waals surface area contributed by atoms with Gasteiger partial charge < -0.3 is 0 Å². The van der Waals surface area contributed by atoms with Gasteiger partial charge in [-0.2, -0.15) is 0 Å². The number of aryl methyl sites for hydroxylation is 1. The molecule has 0 unspecified atom stereocenters. The van der Waals surface area contributed by atoms with Crippen LogP contribution in [0.5, 0.6) is 0 Å². The highest BCUT2D eigenvalue weighted by Gasteiger charge is 2.13. The third-order valence-electron chi connectivity index (χ3n) is 2.84. The minimum absolute atomic E-state index is 0.0145. The number of benzene rings is 2. The molecule has 2 aromatic rings. The Hall–Kier alpha value is -1.38. The third-order valence-corrected chi connectivity index (χ3v) is 3.63. The number of hydrogen-bond acceptors (Lipinski definition) is 1. The monoisotopic (exact) mass is 296 g/mol. The highest BCUT2D eigenvalue weighted by atomic mass is 35.5. The lowest BCUT2D eigenvalue weighted by atomic mass is 10.0. The number of ketones is 1. The molecule has 0 bridgehead atoms. The van der Waals surface area contributed by atoms with Crippen molar-refractivity contribution in [2.75, 3.05) is 0 Å². The van der Waals surface area contributed by atoms with Crippen LogP contribution >= 0.6 is 23.2 Å². The zero-order chi connectivity index (χ0) is 14.0. The Morgan fingerprint density at radius 1 is 1.21 bits per heavy atom. The van der Waals surface area contributed by atoms with Crippen molar-refractivity contribution in [1.82, 2.24) is 0 Å². The van der Waals surface area contributed by atoms with Crippen molar-refractivity contribution >= 4 is 29.0 Å². The molecule has 0 aliphatic rings. The van der Waals surface area contributed by atoms with Gasteiger partial charge in [-0.05, 0) is 36.2 Å². The van der Waals surface area contributed by atoms with Gasteiger partial charge >= 0.3 is 0 Å². The number of Topliss-reactive ketones (excluding diaryl/α,β-unsaturated/α-hetero) is 1. The third kappa shape index (κ3) is 3.14. The Morgan fingerprint density at radius 2 is 1.95 bits per heavy atom. The van der Waals surface area contributed by atoms with Crippen molar-refractivity contribution < 1.29 is 9.18 Å². The molecule has 0 aliphatic heterocycles. The molecule has 0 N–H and O–H groups in total. The zero-order valence-electron chi connectivity index (χ0n) is 10.2. The standard InChI is InChI=1S/C15H11Cl2FO/c1-9-3-2-4-11(15(9)17)14(19)8-10-5-6-13(18)12(16)7-10/h2-7H,8H2,1H3. The second-order valence-electron chi connectivity index (χ2n) is 4.28. The van der Waals surface area contributed by atoms with Crippen molar-refractivity contribution in [3.63, 3.8) is 0 Å². The smallest absolute Gasteiger partial charge is 0.168 e. The summed E-state index contributed by atoms with van der Waals surface area (Å²) in [4.78, 5) is 12.2. The highest BCUT2D eigenvalue weighted by molar-refractivity contribution is 6.34. The average molecular weight is 297 g/mol. The molecule has 19 heavy (non-hydrogen) atoms. The lowest BCUT2D eigenvalue weighted by Crippen LogP contribution is -2.05. The Balaban J connectivity index is 2.26. The second-order valence-corrected chi connectivity index (χ2v) is 5.07. The Labute approximate surface area is 121 Å². The maximum absolute atomic E-state index is 13.0. The van der Waals surface area contributed by atoms with Crippen LogP contribution < -0.4 is 0 Å². The van der Waals surface area contributed by atoms with Crippen molar-refractivity contribution in [1.29, 1.82) is 0 Å². The summed E-state index contributed by atoms with van der Waals surface area (Å²) in [6.07, 6.45) is 0.142. The molecule has 0 saturated carbocycles. The number of hydrogen-bond donors (Lipinski definition) is 0. The van der Waals surface area contributed by atoms with Crippen LogP contribution in [0.1, 0.15) is 21.5 Å². The van der Waals surface area contributed by atoms with Crippen LogP contribution in [-0.4, -0.2) is 5.78 Å². The van der Waals surface area contributed by atoms with Crippen molar-refractivity contribution in [3.8, 4) is 0 Å². The Morgan fingerprint density at radius 3 is 2.63 bits per heavy atom. The quantitative estimate of drug-likeness (QED) is 0.739. The lowest BCUT2D eigenvalue weighted by molar-refractivity contribution is 0.0993. The topological polar surface area (TPSA) is 17.1 Å². The first-order valence-corrected chi connectivity index (χ1v) is 6.47. The average Bonchev–Trinajstić information content (AvgIpc) is 2.37. The predicted octanol–water partition coefficient (Wildman–Crippen LogP) is 4.87. The van der Waals surface area contributed by atoms with E-state index in [4.69, 9.17) is 23.2 Å². The van der Waals surface area contributed by atoms with Crippen LogP contribution in [0.2, 0.25) is 10.0 Å². The molecule has 1 nitrogen and oxygen atoms in total. The summed E-state index contributed by atoms with van der Waals surface area (Å²) in [5.74, 6) is -0.608. The van der Waals surface area contributed by atoms with Crippen molar-refractivity contribution in [3.05, 3.63) is 69.0 Å². The first-order valence-electron chi connectivity index (χ1n) is 5.71. The van der Waals surface area contributed by atoms with Gasteiger partial charge in [0.05, 0.1) is 10.0 Å². The van der Waals surface area contributed by atoms with E-state index in [1.807, 2.05) is 13.0 Å². The van der Waals surface area contributed by atoms with Gasteiger partial charge in [0, 0.05) is 12.0 Å². The van der Waals surface area contributed by atoms with Gasteiger partial charge in [-0.1, -0.05) is 41.4 Å². The van der Waals surface area contributed by atoms with E-state index in [-0.39, 0.29) is 17.2 Å². The van der Waals surface area contributed by atoms with Gasteiger partial charge in [0.2, 0.25) is 0 Å². The summed E-state index contributed by atoms with van der Waals surface area (Å²) in [7, 11) is 0. The first-order chi connectivity index (χ1) is 8.99.